The predicted octanol–water partition coefficient (Wildman–Crippen LogP) is 4.72. The van der Waals surface area contributed by atoms with Crippen molar-refractivity contribution in [3.8, 4) is 17.1 Å². The predicted molar refractivity (Wildman–Crippen MR) is 99.2 cm³/mol. The van der Waals surface area contributed by atoms with Gasteiger partial charge in [0.2, 0.25) is 0 Å². The molecular formula is C17H15Cl2N3OS. The second-order valence-corrected chi connectivity index (χ2v) is 6.99. The van der Waals surface area contributed by atoms with Crippen molar-refractivity contribution >= 4 is 35.0 Å². The van der Waals surface area contributed by atoms with E-state index in [0.717, 1.165) is 28.0 Å². The summed E-state index contributed by atoms with van der Waals surface area (Å²) in [6.07, 6.45) is 0.703. The standard InChI is InChI=1S/C17H15Cl2N3OS/c18-13-4-2-12(3-5-13)16-20-21-17(24-11-1-10-23)22(16)15-8-6-14(19)7-9-15/h2-9,23H,1,10-11H2. The summed E-state index contributed by atoms with van der Waals surface area (Å²) in [6, 6.07) is 15.0. The lowest BCUT2D eigenvalue weighted by atomic mass is 10.2. The summed E-state index contributed by atoms with van der Waals surface area (Å²) < 4.78 is 1.99. The molecule has 0 amide bonds. The number of halogens is 2. The van der Waals surface area contributed by atoms with E-state index in [-0.39, 0.29) is 6.61 Å². The zero-order valence-corrected chi connectivity index (χ0v) is 15.0. The molecule has 0 fully saturated rings. The molecule has 1 aromatic heterocycles. The molecule has 4 nitrogen and oxygen atoms in total. The molecule has 0 bridgehead atoms. The molecule has 0 radical (unpaired) electrons. The summed E-state index contributed by atoms with van der Waals surface area (Å²) in [5, 5.41) is 19.8. The van der Waals surface area contributed by atoms with Gasteiger partial charge in [0.1, 0.15) is 0 Å². The second-order valence-electron chi connectivity index (χ2n) is 5.05. The number of thioether (sulfide) groups is 1. The largest absolute Gasteiger partial charge is 0.396 e. The van der Waals surface area contributed by atoms with Crippen molar-refractivity contribution < 1.29 is 5.11 Å². The third-order valence-electron chi connectivity index (χ3n) is 3.35. The topological polar surface area (TPSA) is 50.9 Å². The van der Waals surface area contributed by atoms with E-state index >= 15 is 0 Å². The average Bonchev–Trinajstić information content (AvgIpc) is 3.00. The monoisotopic (exact) mass is 379 g/mol. The Balaban J connectivity index is 2.05. The number of aliphatic hydroxyl groups excluding tert-OH is 1. The number of aliphatic hydroxyl groups is 1. The van der Waals surface area contributed by atoms with Gasteiger partial charge in [0.05, 0.1) is 0 Å². The zero-order valence-electron chi connectivity index (χ0n) is 12.7. The Bertz CT molecular complexity index is 804. The van der Waals surface area contributed by atoms with E-state index in [1.54, 1.807) is 11.8 Å². The first-order valence-corrected chi connectivity index (χ1v) is 9.14. The molecule has 3 rings (SSSR count). The van der Waals surface area contributed by atoms with Gasteiger partial charge in [-0.1, -0.05) is 35.0 Å². The van der Waals surface area contributed by atoms with Gasteiger partial charge in [0, 0.05) is 33.7 Å². The Morgan fingerprint density at radius 2 is 1.54 bits per heavy atom. The number of aromatic nitrogens is 3. The second kappa shape index (κ2) is 8.03. The maximum atomic E-state index is 8.99. The van der Waals surface area contributed by atoms with Crippen LogP contribution >= 0.6 is 35.0 Å². The van der Waals surface area contributed by atoms with Crippen LogP contribution < -0.4 is 0 Å². The minimum absolute atomic E-state index is 0.159. The highest BCUT2D eigenvalue weighted by Gasteiger charge is 2.16. The number of benzene rings is 2. The summed E-state index contributed by atoms with van der Waals surface area (Å²) in [4.78, 5) is 0. The van der Waals surface area contributed by atoms with Gasteiger partial charge in [-0.3, -0.25) is 4.57 Å². The first kappa shape index (κ1) is 17.3. The molecule has 0 spiro atoms. The van der Waals surface area contributed by atoms with Crippen LogP contribution in [0.1, 0.15) is 6.42 Å². The van der Waals surface area contributed by atoms with Gasteiger partial charge in [-0.15, -0.1) is 10.2 Å². The molecule has 24 heavy (non-hydrogen) atoms. The lowest BCUT2D eigenvalue weighted by Crippen LogP contribution is -2.00. The quantitative estimate of drug-likeness (QED) is 0.497. The van der Waals surface area contributed by atoms with E-state index < -0.39 is 0 Å². The van der Waals surface area contributed by atoms with Crippen LogP contribution in [0.2, 0.25) is 10.0 Å². The van der Waals surface area contributed by atoms with Crippen LogP contribution in [0.15, 0.2) is 53.7 Å². The average molecular weight is 380 g/mol. The Kier molecular flexibility index (Phi) is 5.79. The third kappa shape index (κ3) is 3.92. The van der Waals surface area contributed by atoms with Crippen LogP contribution in [0.4, 0.5) is 0 Å². The van der Waals surface area contributed by atoms with E-state index in [4.69, 9.17) is 28.3 Å². The summed E-state index contributed by atoms with van der Waals surface area (Å²) in [5.41, 5.74) is 1.86. The fourth-order valence-electron chi connectivity index (χ4n) is 2.20. The summed E-state index contributed by atoms with van der Waals surface area (Å²) in [6.45, 7) is 0.159. The fourth-order valence-corrected chi connectivity index (χ4v) is 3.33. The van der Waals surface area contributed by atoms with Crippen LogP contribution in [0.5, 0.6) is 0 Å². The summed E-state index contributed by atoms with van der Waals surface area (Å²) >= 11 is 13.5. The maximum absolute atomic E-state index is 8.99. The van der Waals surface area contributed by atoms with Crippen LogP contribution in [0.25, 0.3) is 17.1 Å². The molecule has 0 atom stereocenters. The molecule has 0 aliphatic heterocycles. The zero-order chi connectivity index (χ0) is 16.9. The van der Waals surface area contributed by atoms with E-state index in [0.29, 0.717) is 16.5 Å². The first-order valence-electron chi connectivity index (χ1n) is 7.40. The van der Waals surface area contributed by atoms with Crippen molar-refractivity contribution in [2.75, 3.05) is 12.4 Å². The van der Waals surface area contributed by atoms with E-state index in [1.165, 1.54) is 0 Å². The fraction of sp³-hybridized carbons (Fsp3) is 0.176. The lowest BCUT2D eigenvalue weighted by molar-refractivity contribution is 0.296. The van der Waals surface area contributed by atoms with Gasteiger partial charge < -0.3 is 5.11 Å². The van der Waals surface area contributed by atoms with E-state index in [9.17, 15) is 0 Å². The molecule has 1 heterocycles. The SMILES string of the molecule is OCCCSc1nnc(-c2ccc(Cl)cc2)n1-c1ccc(Cl)cc1. The molecule has 0 unspecified atom stereocenters. The van der Waals surface area contributed by atoms with Crippen LogP contribution in [-0.4, -0.2) is 32.2 Å². The van der Waals surface area contributed by atoms with Gasteiger partial charge in [-0.05, 0) is 55.0 Å². The van der Waals surface area contributed by atoms with Gasteiger partial charge >= 0.3 is 0 Å². The minimum atomic E-state index is 0.159. The van der Waals surface area contributed by atoms with Crippen molar-refractivity contribution in [2.45, 2.75) is 11.6 Å². The lowest BCUT2D eigenvalue weighted by Gasteiger charge is -2.10. The Hall–Kier alpha value is -1.53. The van der Waals surface area contributed by atoms with Crippen molar-refractivity contribution in [3.63, 3.8) is 0 Å². The van der Waals surface area contributed by atoms with E-state index in [2.05, 4.69) is 10.2 Å². The van der Waals surface area contributed by atoms with Crippen molar-refractivity contribution in [2.24, 2.45) is 0 Å². The molecule has 0 saturated heterocycles. The van der Waals surface area contributed by atoms with Gasteiger partial charge in [-0.2, -0.15) is 0 Å². The van der Waals surface area contributed by atoms with Gasteiger partial charge in [0.25, 0.3) is 0 Å². The molecule has 0 aliphatic rings. The molecule has 1 N–H and O–H groups in total. The Morgan fingerprint density at radius 3 is 2.17 bits per heavy atom. The summed E-state index contributed by atoms with van der Waals surface area (Å²) in [5.74, 6) is 1.50. The number of hydrogen-bond acceptors (Lipinski definition) is 4. The molecule has 0 saturated carbocycles. The molecular weight excluding hydrogens is 365 g/mol. The highest BCUT2D eigenvalue weighted by molar-refractivity contribution is 7.99. The van der Waals surface area contributed by atoms with Crippen molar-refractivity contribution in [1.82, 2.24) is 14.8 Å². The highest BCUT2D eigenvalue weighted by atomic mass is 35.5. The van der Waals surface area contributed by atoms with Gasteiger partial charge in [0.15, 0.2) is 11.0 Å². The van der Waals surface area contributed by atoms with Crippen LogP contribution in [0.3, 0.4) is 0 Å². The van der Waals surface area contributed by atoms with Crippen molar-refractivity contribution in [3.05, 3.63) is 58.6 Å². The van der Waals surface area contributed by atoms with Crippen LogP contribution in [-0.2, 0) is 0 Å². The highest BCUT2D eigenvalue weighted by Crippen LogP contribution is 2.29. The molecule has 124 valence electrons. The molecule has 7 heteroatoms. The minimum Gasteiger partial charge on any atom is -0.396 e. The molecule has 3 aromatic rings. The summed E-state index contributed by atoms with van der Waals surface area (Å²) in [7, 11) is 0. The smallest absolute Gasteiger partial charge is 0.196 e. The van der Waals surface area contributed by atoms with Crippen molar-refractivity contribution in [1.29, 1.82) is 0 Å². The Labute approximate surface area is 154 Å². The van der Waals surface area contributed by atoms with Crippen LogP contribution in [0, 0.1) is 0 Å². The first-order chi connectivity index (χ1) is 11.7. The maximum Gasteiger partial charge on any atom is 0.196 e. The number of hydrogen-bond donors (Lipinski definition) is 1. The van der Waals surface area contributed by atoms with E-state index in [1.807, 2.05) is 53.1 Å². The number of nitrogens with zero attached hydrogens (tertiary/aromatic N) is 3. The molecule has 0 aliphatic carbocycles. The third-order valence-corrected chi connectivity index (χ3v) is 4.87. The normalized spacial score (nSPS) is 11.0. The number of rotatable bonds is 6. The molecule has 2 aromatic carbocycles. The van der Waals surface area contributed by atoms with Gasteiger partial charge in [-0.25, -0.2) is 0 Å². The Morgan fingerprint density at radius 1 is 0.917 bits per heavy atom.